The van der Waals surface area contributed by atoms with Crippen LogP contribution >= 0.6 is 23.2 Å². The van der Waals surface area contributed by atoms with Crippen molar-refractivity contribution in [2.24, 2.45) is 0 Å². The van der Waals surface area contributed by atoms with Crippen molar-refractivity contribution in [3.8, 4) is 0 Å². The van der Waals surface area contributed by atoms with Crippen LogP contribution in [0.3, 0.4) is 0 Å². The molecule has 1 heterocycles. The van der Waals surface area contributed by atoms with Crippen LogP contribution in [0.5, 0.6) is 0 Å². The molecule has 0 aliphatic carbocycles. The molecule has 0 saturated carbocycles. The topological polar surface area (TPSA) is 98.0 Å². The van der Waals surface area contributed by atoms with Crippen LogP contribution < -0.4 is 11.2 Å². The SMILES string of the molecule is O=c1[nH]c(=O)n(Cc2cccc(Cl)c2Cl)cc1[N+](=O)[O-]. The van der Waals surface area contributed by atoms with Crippen molar-refractivity contribution in [3.63, 3.8) is 0 Å². The van der Waals surface area contributed by atoms with Gasteiger partial charge in [0.15, 0.2) is 0 Å². The normalized spacial score (nSPS) is 10.5. The minimum absolute atomic E-state index is 0.0458. The van der Waals surface area contributed by atoms with Crippen LogP contribution in [0.15, 0.2) is 34.0 Å². The second kappa shape index (κ2) is 5.48. The molecule has 104 valence electrons. The predicted octanol–water partition coefficient (Wildman–Crippen LogP) is 1.80. The summed E-state index contributed by atoms with van der Waals surface area (Å²) in [5, 5.41) is 11.2. The number of hydrogen-bond donors (Lipinski definition) is 1. The summed E-state index contributed by atoms with van der Waals surface area (Å²) in [5.74, 6) is 0. The maximum absolute atomic E-state index is 11.6. The van der Waals surface area contributed by atoms with Gasteiger partial charge in [0.05, 0.1) is 27.7 Å². The summed E-state index contributed by atoms with van der Waals surface area (Å²) < 4.78 is 0.983. The van der Waals surface area contributed by atoms with E-state index in [9.17, 15) is 19.7 Å². The van der Waals surface area contributed by atoms with E-state index in [1.165, 1.54) is 0 Å². The first-order valence-corrected chi connectivity index (χ1v) is 6.07. The molecule has 1 N–H and O–H groups in total. The van der Waals surface area contributed by atoms with E-state index in [0.29, 0.717) is 10.6 Å². The minimum Gasteiger partial charge on any atom is -0.289 e. The first kappa shape index (κ1) is 14.3. The summed E-state index contributed by atoms with van der Waals surface area (Å²) in [5.41, 5.74) is -2.03. The van der Waals surface area contributed by atoms with E-state index in [2.05, 4.69) is 0 Å². The van der Waals surface area contributed by atoms with Crippen LogP contribution in [-0.2, 0) is 6.54 Å². The monoisotopic (exact) mass is 315 g/mol. The molecule has 1 aromatic heterocycles. The van der Waals surface area contributed by atoms with Crippen LogP contribution in [0.2, 0.25) is 10.0 Å². The second-order valence-electron chi connectivity index (χ2n) is 3.87. The third kappa shape index (κ3) is 2.73. The van der Waals surface area contributed by atoms with Crippen molar-refractivity contribution >= 4 is 28.9 Å². The molecule has 9 heteroatoms. The first-order chi connectivity index (χ1) is 9.40. The Balaban J connectivity index is 2.51. The smallest absolute Gasteiger partial charge is 0.289 e. The fourth-order valence-electron chi connectivity index (χ4n) is 1.60. The van der Waals surface area contributed by atoms with Gasteiger partial charge in [0.1, 0.15) is 0 Å². The molecule has 0 aliphatic rings. The fourth-order valence-corrected chi connectivity index (χ4v) is 1.98. The maximum atomic E-state index is 11.6. The third-order valence-corrected chi connectivity index (χ3v) is 3.42. The average Bonchev–Trinajstić information content (AvgIpc) is 2.37. The molecule has 7 nitrogen and oxygen atoms in total. The first-order valence-electron chi connectivity index (χ1n) is 5.31. The number of benzene rings is 1. The molecule has 0 aliphatic heterocycles. The Morgan fingerprint density at radius 1 is 1.30 bits per heavy atom. The van der Waals surface area contributed by atoms with Crippen molar-refractivity contribution < 1.29 is 4.92 Å². The number of aromatic amines is 1. The Morgan fingerprint density at radius 3 is 2.65 bits per heavy atom. The molecule has 20 heavy (non-hydrogen) atoms. The van der Waals surface area contributed by atoms with Gasteiger partial charge in [0.25, 0.3) is 0 Å². The lowest BCUT2D eigenvalue weighted by Gasteiger charge is -2.07. The molecular formula is C11H7Cl2N3O4. The van der Waals surface area contributed by atoms with Crippen molar-refractivity contribution in [3.05, 3.63) is 71.0 Å². The van der Waals surface area contributed by atoms with E-state index in [1.54, 1.807) is 18.2 Å². The van der Waals surface area contributed by atoms with Crippen molar-refractivity contribution in [1.82, 2.24) is 9.55 Å². The van der Waals surface area contributed by atoms with Gasteiger partial charge >= 0.3 is 16.9 Å². The van der Waals surface area contributed by atoms with Gasteiger partial charge in [-0.2, -0.15) is 0 Å². The summed E-state index contributed by atoms with van der Waals surface area (Å²) >= 11 is 11.8. The van der Waals surface area contributed by atoms with Gasteiger partial charge in [-0.1, -0.05) is 35.3 Å². The highest BCUT2D eigenvalue weighted by molar-refractivity contribution is 6.42. The highest BCUT2D eigenvalue weighted by Crippen LogP contribution is 2.25. The van der Waals surface area contributed by atoms with Crippen LogP contribution in [0.1, 0.15) is 5.56 Å². The van der Waals surface area contributed by atoms with E-state index in [-0.39, 0.29) is 11.6 Å². The number of aromatic nitrogens is 2. The molecule has 0 spiro atoms. The number of nitro groups is 1. The second-order valence-corrected chi connectivity index (χ2v) is 4.66. The molecule has 0 unspecified atom stereocenters. The molecule has 0 amide bonds. The summed E-state index contributed by atoms with van der Waals surface area (Å²) in [6.07, 6.45) is 0.873. The van der Waals surface area contributed by atoms with E-state index < -0.39 is 21.9 Å². The van der Waals surface area contributed by atoms with Gasteiger partial charge in [-0.15, -0.1) is 0 Å². The zero-order valence-corrected chi connectivity index (χ0v) is 11.3. The molecule has 0 atom stereocenters. The van der Waals surface area contributed by atoms with Crippen LogP contribution in [-0.4, -0.2) is 14.5 Å². The molecule has 0 radical (unpaired) electrons. The van der Waals surface area contributed by atoms with Crippen LogP contribution in [0.4, 0.5) is 5.69 Å². The number of nitrogens with one attached hydrogen (secondary N) is 1. The van der Waals surface area contributed by atoms with Gasteiger partial charge in [-0.3, -0.25) is 24.5 Å². The molecule has 2 aromatic rings. The molecule has 0 saturated heterocycles. The average molecular weight is 316 g/mol. The standard InChI is InChI=1S/C11H7Cl2N3O4/c12-7-3-1-2-6(9(7)13)4-15-5-8(16(19)20)10(17)14-11(15)18/h1-3,5H,4H2,(H,14,17,18). The Hall–Kier alpha value is -2.12. The largest absolute Gasteiger partial charge is 0.350 e. The van der Waals surface area contributed by atoms with Crippen molar-refractivity contribution in [1.29, 1.82) is 0 Å². The molecule has 1 aromatic carbocycles. The highest BCUT2D eigenvalue weighted by Gasteiger charge is 2.15. The quantitative estimate of drug-likeness (QED) is 0.689. The number of H-pyrrole nitrogens is 1. The Morgan fingerprint density at radius 2 is 2.00 bits per heavy atom. The Kier molecular flexibility index (Phi) is 3.91. The number of halogens is 2. The van der Waals surface area contributed by atoms with Crippen LogP contribution in [0.25, 0.3) is 0 Å². The Bertz CT molecular complexity index is 797. The summed E-state index contributed by atoms with van der Waals surface area (Å²) in [6.45, 7) is -0.0458. The van der Waals surface area contributed by atoms with Gasteiger partial charge in [0, 0.05) is 0 Å². The van der Waals surface area contributed by atoms with Gasteiger partial charge in [0.2, 0.25) is 0 Å². The van der Waals surface area contributed by atoms with Crippen LogP contribution in [0, 0.1) is 10.1 Å². The lowest BCUT2D eigenvalue weighted by Crippen LogP contribution is -2.31. The number of rotatable bonds is 3. The predicted molar refractivity (Wildman–Crippen MR) is 73.5 cm³/mol. The van der Waals surface area contributed by atoms with Gasteiger partial charge < -0.3 is 0 Å². The molecular weight excluding hydrogens is 309 g/mol. The maximum Gasteiger partial charge on any atom is 0.350 e. The minimum atomic E-state index is -1.05. The lowest BCUT2D eigenvalue weighted by atomic mass is 10.2. The molecule has 0 bridgehead atoms. The van der Waals surface area contributed by atoms with E-state index in [1.807, 2.05) is 4.98 Å². The van der Waals surface area contributed by atoms with Crippen molar-refractivity contribution in [2.45, 2.75) is 6.54 Å². The summed E-state index contributed by atoms with van der Waals surface area (Å²) in [4.78, 5) is 34.6. The zero-order chi connectivity index (χ0) is 14.9. The number of nitrogens with zero attached hydrogens (tertiary/aromatic N) is 2. The summed E-state index contributed by atoms with van der Waals surface area (Å²) in [7, 11) is 0. The summed E-state index contributed by atoms with van der Waals surface area (Å²) in [6, 6.07) is 4.83. The fraction of sp³-hybridized carbons (Fsp3) is 0.0909. The lowest BCUT2D eigenvalue weighted by molar-refractivity contribution is -0.386. The number of hydrogen-bond acceptors (Lipinski definition) is 4. The third-order valence-electron chi connectivity index (χ3n) is 2.56. The zero-order valence-electron chi connectivity index (χ0n) is 9.80. The van der Waals surface area contributed by atoms with Gasteiger partial charge in [-0.25, -0.2) is 4.79 Å². The molecule has 0 fully saturated rings. The van der Waals surface area contributed by atoms with E-state index >= 15 is 0 Å². The Labute approximate surface area is 121 Å². The van der Waals surface area contributed by atoms with Gasteiger partial charge in [-0.05, 0) is 11.6 Å². The van der Waals surface area contributed by atoms with E-state index in [4.69, 9.17) is 23.2 Å². The molecule has 2 rings (SSSR count). The van der Waals surface area contributed by atoms with Crippen molar-refractivity contribution in [2.75, 3.05) is 0 Å². The highest BCUT2D eigenvalue weighted by atomic mass is 35.5. The van der Waals surface area contributed by atoms with E-state index in [0.717, 1.165) is 10.8 Å².